The van der Waals surface area contributed by atoms with Crippen LogP contribution in [0.4, 0.5) is 11.6 Å². The molecule has 0 atom stereocenters. The molecular formula is C20H11ClN4O6. The van der Waals surface area contributed by atoms with E-state index in [1.54, 1.807) is 24.3 Å². The van der Waals surface area contributed by atoms with Crippen LogP contribution in [0.5, 0.6) is 0 Å². The average Bonchev–Trinajstić information content (AvgIpc) is 3.22. The van der Waals surface area contributed by atoms with E-state index < -0.39 is 21.3 Å². The number of hydrogen-bond acceptors (Lipinski definition) is 7. The van der Waals surface area contributed by atoms with Crippen molar-refractivity contribution in [2.75, 3.05) is 0 Å². The smallest absolute Gasteiger partial charge is 0.401 e. The summed E-state index contributed by atoms with van der Waals surface area (Å²) in [6.45, 7) is 0. The molecule has 4 rings (SSSR count). The summed E-state index contributed by atoms with van der Waals surface area (Å²) < 4.78 is 6.30. The van der Waals surface area contributed by atoms with Gasteiger partial charge in [0, 0.05) is 12.1 Å². The third kappa shape index (κ3) is 3.79. The Labute approximate surface area is 177 Å². The summed E-state index contributed by atoms with van der Waals surface area (Å²) in [5.41, 5.74) is -0.0468. The molecule has 0 fully saturated rings. The number of non-ortho nitro benzene ring substituents is 1. The molecule has 0 unspecified atom stereocenters. The number of furan rings is 1. The largest absolute Gasteiger partial charge is 0.433 e. The quantitative estimate of drug-likeness (QED) is 0.327. The number of nitrogens with zero attached hydrogens (tertiary/aromatic N) is 4. The fourth-order valence-corrected chi connectivity index (χ4v) is 3.23. The first-order valence-corrected chi connectivity index (χ1v) is 9.11. The first kappa shape index (κ1) is 20.0. The van der Waals surface area contributed by atoms with Crippen LogP contribution >= 0.6 is 11.6 Å². The monoisotopic (exact) mass is 438 g/mol. The number of aromatic nitrogens is 2. The van der Waals surface area contributed by atoms with Crippen LogP contribution in [0, 0.1) is 20.2 Å². The second-order valence-electron chi connectivity index (χ2n) is 6.29. The van der Waals surface area contributed by atoms with Gasteiger partial charge in [-0.1, -0.05) is 23.7 Å². The lowest BCUT2D eigenvalue weighted by Crippen LogP contribution is -2.22. The molecule has 154 valence electrons. The number of benzene rings is 2. The molecule has 0 aliphatic heterocycles. The Morgan fingerprint density at radius 1 is 1.00 bits per heavy atom. The molecule has 11 heteroatoms. The van der Waals surface area contributed by atoms with Gasteiger partial charge in [0.25, 0.3) is 11.2 Å². The van der Waals surface area contributed by atoms with Gasteiger partial charge in [-0.2, -0.15) is 0 Å². The number of hydrogen-bond donors (Lipinski definition) is 0. The van der Waals surface area contributed by atoms with Gasteiger partial charge < -0.3 is 4.42 Å². The topological polar surface area (TPSA) is 134 Å². The minimum atomic E-state index is -0.668. The second-order valence-corrected chi connectivity index (χ2v) is 6.69. The number of para-hydroxylation sites is 1. The Bertz CT molecular complexity index is 1440. The van der Waals surface area contributed by atoms with Crippen LogP contribution in [0.25, 0.3) is 28.7 Å². The van der Waals surface area contributed by atoms with E-state index in [0.29, 0.717) is 10.9 Å². The summed E-state index contributed by atoms with van der Waals surface area (Å²) in [7, 11) is 0. The molecule has 2 aromatic heterocycles. The predicted octanol–water partition coefficient (Wildman–Crippen LogP) is 4.62. The van der Waals surface area contributed by atoms with Crippen LogP contribution in [0.1, 0.15) is 11.6 Å². The van der Waals surface area contributed by atoms with Crippen LogP contribution < -0.4 is 5.56 Å². The number of nitro benzene ring substituents is 1. The first-order chi connectivity index (χ1) is 14.8. The minimum absolute atomic E-state index is 0.0170. The molecule has 0 spiro atoms. The summed E-state index contributed by atoms with van der Waals surface area (Å²) in [5.74, 6) is -0.101. The molecular weight excluding hydrogens is 428 g/mol. The molecule has 0 amide bonds. The van der Waals surface area contributed by atoms with Crippen molar-refractivity contribution in [1.82, 2.24) is 9.55 Å². The van der Waals surface area contributed by atoms with Crippen molar-refractivity contribution < 1.29 is 14.3 Å². The molecule has 0 saturated carbocycles. The predicted molar refractivity (Wildman–Crippen MR) is 113 cm³/mol. The molecule has 0 saturated heterocycles. The summed E-state index contributed by atoms with van der Waals surface area (Å²) in [6.07, 6.45) is 2.85. The normalized spacial score (nSPS) is 11.3. The second kappa shape index (κ2) is 7.84. The zero-order valence-electron chi connectivity index (χ0n) is 15.5. The lowest BCUT2D eigenvalue weighted by atomic mass is 10.2. The van der Waals surface area contributed by atoms with Crippen LogP contribution in [0.2, 0.25) is 5.02 Å². The fraction of sp³-hybridized carbons (Fsp3) is 0. The average molecular weight is 439 g/mol. The highest BCUT2D eigenvalue weighted by atomic mass is 35.5. The SMILES string of the molecule is O=c1c2ccccc2nc(/C=C/c2ccc([N+](=O)[O-])o2)n1-c1ccc([N+](=O)[O-])cc1Cl. The maximum Gasteiger partial charge on any atom is 0.433 e. The van der Waals surface area contributed by atoms with E-state index in [2.05, 4.69) is 4.98 Å². The summed E-state index contributed by atoms with van der Waals surface area (Å²) >= 11 is 6.25. The number of nitro groups is 2. The summed E-state index contributed by atoms with van der Waals surface area (Å²) in [6, 6.07) is 13.0. The van der Waals surface area contributed by atoms with Crippen LogP contribution in [-0.2, 0) is 0 Å². The molecule has 0 radical (unpaired) electrons. The Morgan fingerprint density at radius 2 is 1.77 bits per heavy atom. The highest BCUT2D eigenvalue weighted by molar-refractivity contribution is 6.32. The highest BCUT2D eigenvalue weighted by Crippen LogP contribution is 2.27. The van der Waals surface area contributed by atoms with Crippen LogP contribution in [0.3, 0.4) is 0 Å². The van der Waals surface area contributed by atoms with Crippen molar-refractivity contribution in [2.45, 2.75) is 0 Å². The van der Waals surface area contributed by atoms with E-state index in [1.807, 2.05) is 0 Å². The third-order valence-electron chi connectivity index (χ3n) is 4.37. The van der Waals surface area contributed by atoms with E-state index in [1.165, 1.54) is 41.0 Å². The molecule has 0 aliphatic rings. The first-order valence-electron chi connectivity index (χ1n) is 8.73. The van der Waals surface area contributed by atoms with Gasteiger partial charge in [0.05, 0.1) is 32.6 Å². The Morgan fingerprint density at radius 3 is 2.45 bits per heavy atom. The van der Waals surface area contributed by atoms with Crippen molar-refractivity contribution in [3.8, 4) is 5.69 Å². The molecule has 31 heavy (non-hydrogen) atoms. The van der Waals surface area contributed by atoms with Gasteiger partial charge in [0.1, 0.15) is 16.5 Å². The van der Waals surface area contributed by atoms with Crippen LogP contribution in [0.15, 0.2) is 63.8 Å². The van der Waals surface area contributed by atoms with Gasteiger partial charge in [0.15, 0.2) is 0 Å². The number of rotatable bonds is 5. The van der Waals surface area contributed by atoms with Crippen LogP contribution in [-0.4, -0.2) is 19.4 Å². The molecule has 4 aromatic rings. The Balaban J connectivity index is 1.92. The van der Waals surface area contributed by atoms with Gasteiger partial charge >= 0.3 is 5.88 Å². The highest BCUT2D eigenvalue weighted by Gasteiger charge is 2.17. The van der Waals surface area contributed by atoms with E-state index in [-0.39, 0.29) is 28.0 Å². The summed E-state index contributed by atoms with van der Waals surface area (Å²) in [5, 5.41) is 22.1. The number of halogens is 1. The van der Waals surface area contributed by atoms with Crippen molar-refractivity contribution in [3.05, 3.63) is 102 Å². The number of fused-ring (bicyclic) bond motifs is 1. The molecule has 0 aliphatic carbocycles. The molecule has 0 bridgehead atoms. The maximum atomic E-state index is 13.2. The zero-order valence-corrected chi connectivity index (χ0v) is 16.2. The van der Waals surface area contributed by atoms with E-state index in [0.717, 1.165) is 6.07 Å². The van der Waals surface area contributed by atoms with Crippen molar-refractivity contribution in [2.24, 2.45) is 0 Å². The van der Waals surface area contributed by atoms with Gasteiger partial charge in [-0.3, -0.25) is 29.6 Å². The van der Waals surface area contributed by atoms with Crippen molar-refractivity contribution >= 4 is 46.2 Å². The van der Waals surface area contributed by atoms with Gasteiger partial charge in [-0.15, -0.1) is 0 Å². The van der Waals surface area contributed by atoms with E-state index in [9.17, 15) is 25.0 Å². The molecule has 0 N–H and O–H groups in total. The fourth-order valence-electron chi connectivity index (χ4n) is 2.97. The molecule has 2 aromatic carbocycles. The van der Waals surface area contributed by atoms with Gasteiger partial charge in [-0.05, 0) is 36.4 Å². The molecule has 10 nitrogen and oxygen atoms in total. The molecule has 2 heterocycles. The Hall–Kier alpha value is -4.31. The lowest BCUT2D eigenvalue weighted by molar-refractivity contribution is -0.402. The van der Waals surface area contributed by atoms with E-state index in [4.69, 9.17) is 16.0 Å². The van der Waals surface area contributed by atoms with Gasteiger partial charge in [0.2, 0.25) is 0 Å². The zero-order chi connectivity index (χ0) is 22.1. The lowest BCUT2D eigenvalue weighted by Gasteiger charge is -2.12. The maximum absolute atomic E-state index is 13.2. The Kier molecular flexibility index (Phi) is 5.05. The minimum Gasteiger partial charge on any atom is -0.401 e. The third-order valence-corrected chi connectivity index (χ3v) is 4.68. The van der Waals surface area contributed by atoms with Gasteiger partial charge in [-0.25, -0.2) is 4.98 Å². The van der Waals surface area contributed by atoms with E-state index >= 15 is 0 Å². The standard InChI is InChI=1S/C20H11ClN4O6/c21-15-11-12(24(27)28)5-8-17(15)23-18(9-6-13-7-10-19(31-13)25(29)30)22-16-4-2-1-3-14(16)20(23)26/h1-11H/b9-6+. The summed E-state index contributed by atoms with van der Waals surface area (Å²) in [4.78, 5) is 38.2. The van der Waals surface area contributed by atoms with Crippen molar-refractivity contribution in [1.29, 1.82) is 0 Å². The van der Waals surface area contributed by atoms with Crippen molar-refractivity contribution in [3.63, 3.8) is 0 Å².